The van der Waals surface area contributed by atoms with E-state index in [0.717, 1.165) is 0 Å². The molecule has 3 atom stereocenters. The number of rotatable bonds is 4. The second-order valence-corrected chi connectivity index (χ2v) is 10.6. The minimum atomic E-state index is -2.93. The largest absolute Gasteiger partial charge is 0.444 e. The fourth-order valence-electron chi connectivity index (χ4n) is 4.94. The topological polar surface area (TPSA) is 121 Å². The number of ether oxygens (including phenoxy) is 2. The monoisotopic (exact) mass is 527 g/mol. The van der Waals surface area contributed by atoms with Crippen molar-refractivity contribution in [3.8, 4) is 0 Å². The van der Waals surface area contributed by atoms with E-state index in [1.165, 1.54) is 6.20 Å². The normalized spacial score (nSPS) is 23.6. The van der Waals surface area contributed by atoms with E-state index in [2.05, 4.69) is 15.0 Å². The van der Waals surface area contributed by atoms with Crippen LogP contribution in [-0.4, -0.2) is 86.3 Å². The van der Waals surface area contributed by atoms with E-state index in [0.29, 0.717) is 25.2 Å². The molecule has 35 heavy (non-hydrogen) atoms. The van der Waals surface area contributed by atoms with E-state index >= 15 is 0 Å². The van der Waals surface area contributed by atoms with Gasteiger partial charge >= 0.3 is 6.09 Å². The summed E-state index contributed by atoms with van der Waals surface area (Å²) in [4.78, 5) is 28.8. The molecule has 0 aromatic carbocycles. The van der Waals surface area contributed by atoms with Crippen LogP contribution in [0.1, 0.15) is 40.5 Å². The van der Waals surface area contributed by atoms with Gasteiger partial charge in [0.15, 0.2) is 18.8 Å². The first kappa shape index (κ1) is 26.1. The van der Waals surface area contributed by atoms with Crippen LogP contribution in [0.15, 0.2) is 6.20 Å². The van der Waals surface area contributed by atoms with E-state index in [9.17, 15) is 19.4 Å². The molecule has 188 valence electrons. The van der Waals surface area contributed by atoms with Crippen molar-refractivity contribution in [1.82, 2.24) is 19.9 Å². The SMILES string of the molecule is [B]C(O)(O)OC(C)C12CCC(CN(c3nc(Cl)nc4c(F)c(Cl)ncc34)C1)N2C(=O)OC(C)(C)C. The molecule has 2 aromatic heterocycles. The maximum atomic E-state index is 14.7. The van der Waals surface area contributed by atoms with Gasteiger partial charge in [0.25, 0.3) is 0 Å². The lowest BCUT2D eigenvalue weighted by atomic mass is 9.88. The molecule has 3 unspecified atom stereocenters. The van der Waals surface area contributed by atoms with Crippen molar-refractivity contribution in [2.75, 3.05) is 18.0 Å². The summed E-state index contributed by atoms with van der Waals surface area (Å²) in [6.45, 7) is 7.28. The van der Waals surface area contributed by atoms with Gasteiger partial charge in [-0.15, -0.1) is 0 Å². The maximum Gasteiger partial charge on any atom is 0.411 e. The molecule has 0 aliphatic carbocycles. The third-order valence-electron chi connectivity index (χ3n) is 6.24. The molecule has 0 saturated carbocycles. The van der Waals surface area contributed by atoms with Crippen molar-refractivity contribution in [2.45, 2.75) is 69.7 Å². The van der Waals surface area contributed by atoms with Crippen LogP contribution in [0.3, 0.4) is 0 Å². The Morgan fingerprint density at radius 1 is 1.34 bits per heavy atom. The fraction of sp³-hybridized carbons (Fsp3) is 0.619. The number of fused-ring (bicyclic) bond motifs is 3. The quantitative estimate of drug-likeness (QED) is 0.267. The lowest BCUT2D eigenvalue weighted by Crippen LogP contribution is -2.69. The zero-order valence-electron chi connectivity index (χ0n) is 19.6. The van der Waals surface area contributed by atoms with E-state index in [1.54, 1.807) is 32.6 Å². The van der Waals surface area contributed by atoms with Crippen molar-refractivity contribution >= 4 is 53.9 Å². The second-order valence-electron chi connectivity index (χ2n) is 9.89. The molecule has 2 aromatic rings. The average Bonchev–Trinajstić information content (AvgIpc) is 2.96. The summed E-state index contributed by atoms with van der Waals surface area (Å²) in [5, 5.41) is 19.2. The molecular weight excluding hydrogens is 503 g/mol. The minimum absolute atomic E-state index is 0.0908. The lowest BCUT2D eigenvalue weighted by Gasteiger charge is -2.52. The number of hydrogen-bond donors (Lipinski definition) is 2. The zero-order valence-corrected chi connectivity index (χ0v) is 21.1. The molecule has 4 rings (SSSR count). The van der Waals surface area contributed by atoms with Crippen molar-refractivity contribution in [3.63, 3.8) is 0 Å². The average molecular weight is 528 g/mol. The van der Waals surface area contributed by atoms with Gasteiger partial charge in [-0.2, -0.15) is 4.98 Å². The Morgan fingerprint density at radius 3 is 2.66 bits per heavy atom. The molecule has 2 N–H and O–H groups in total. The molecule has 2 aliphatic heterocycles. The van der Waals surface area contributed by atoms with Crippen molar-refractivity contribution < 1.29 is 28.9 Å². The number of carbonyl (C=O) groups excluding carboxylic acids is 1. The summed E-state index contributed by atoms with van der Waals surface area (Å²) in [5.41, 5.74) is -1.95. The highest BCUT2D eigenvalue weighted by Crippen LogP contribution is 2.45. The number of aromatic nitrogens is 3. The second kappa shape index (κ2) is 8.84. The van der Waals surface area contributed by atoms with Crippen molar-refractivity contribution in [1.29, 1.82) is 0 Å². The lowest BCUT2D eigenvalue weighted by molar-refractivity contribution is -0.305. The minimum Gasteiger partial charge on any atom is -0.444 e. The van der Waals surface area contributed by atoms with Crippen LogP contribution in [0, 0.1) is 5.82 Å². The summed E-state index contributed by atoms with van der Waals surface area (Å²) < 4.78 is 25.6. The summed E-state index contributed by atoms with van der Waals surface area (Å²) in [5.74, 6) is -3.46. The molecule has 2 fully saturated rings. The van der Waals surface area contributed by atoms with Gasteiger partial charge in [0.2, 0.25) is 11.2 Å². The van der Waals surface area contributed by atoms with Gasteiger partial charge in [0.05, 0.1) is 23.1 Å². The summed E-state index contributed by atoms with van der Waals surface area (Å²) in [6.07, 6.45) is 0.842. The number of amides is 1. The van der Waals surface area contributed by atoms with Gasteiger partial charge in [-0.25, -0.2) is 19.2 Å². The predicted molar refractivity (Wildman–Crippen MR) is 127 cm³/mol. The highest BCUT2D eigenvalue weighted by atomic mass is 35.5. The summed E-state index contributed by atoms with van der Waals surface area (Å²) in [7, 11) is 5.30. The van der Waals surface area contributed by atoms with Gasteiger partial charge in [0.1, 0.15) is 16.9 Å². The van der Waals surface area contributed by atoms with E-state index < -0.39 is 35.0 Å². The van der Waals surface area contributed by atoms with Crippen molar-refractivity contribution in [3.05, 3.63) is 22.5 Å². The summed E-state index contributed by atoms with van der Waals surface area (Å²) >= 11 is 12.0. The van der Waals surface area contributed by atoms with Gasteiger partial charge in [0, 0.05) is 19.3 Å². The third kappa shape index (κ3) is 4.99. The van der Waals surface area contributed by atoms with Crippen molar-refractivity contribution in [2.24, 2.45) is 0 Å². The highest BCUT2D eigenvalue weighted by Gasteiger charge is 2.59. The van der Waals surface area contributed by atoms with Crippen LogP contribution in [0.5, 0.6) is 0 Å². The molecular formula is C21H25BCl2FN5O5. The predicted octanol–water partition coefficient (Wildman–Crippen LogP) is 2.60. The third-order valence-corrected chi connectivity index (χ3v) is 6.67. The standard InChI is InChI=1S/C21H25BCl2FN5O5/c1-10(34-21(22,32)33)20-6-5-11(30(20)18(31)35-19(2,3)4)8-29(9-20)16-12-7-26-15(23)13(25)14(12)27-17(24)28-16/h7,10-11,32-33H,5-6,8-9H2,1-4H3. The fourth-order valence-corrected chi connectivity index (χ4v) is 5.24. The number of aliphatic hydroxyl groups is 2. The number of pyridine rings is 1. The van der Waals surface area contributed by atoms with Gasteiger partial charge in [-0.1, -0.05) is 11.6 Å². The molecule has 14 heteroatoms. The van der Waals surface area contributed by atoms with Crippen LogP contribution in [0.25, 0.3) is 10.9 Å². The van der Waals surface area contributed by atoms with E-state index in [4.69, 9.17) is 40.5 Å². The first-order valence-electron chi connectivity index (χ1n) is 11.0. The highest BCUT2D eigenvalue weighted by molar-refractivity contribution is 6.30. The van der Waals surface area contributed by atoms with E-state index in [1.807, 2.05) is 4.90 Å². The Hall–Kier alpha value is -1.99. The Labute approximate surface area is 212 Å². The Balaban J connectivity index is 1.80. The van der Waals surface area contributed by atoms with Gasteiger partial charge in [-0.3, -0.25) is 4.90 Å². The molecule has 4 heterocycles. The molecule has 2 saturated heterocycles. The smallest absolute Gasteiger partial charge is 0.411 e. The van der Waals surface area contributed by atoms with Crippen LogP contribution >= 0.6 is 23.2 Å². The van der Waals surface area contributed by atoms with Crippen LogP contribution < -0.4 is 4.90 Å². The number of piperazine rings is 1. The Kier molecular flexibility index (Phi) is 6.59. The molecule has 2 bridgehead atoms. The Bertz CT molecular complexity index is 1160. The first-order chi connectivity index (χ1) is 16.1. The van der Waals surface area contributed by atoms with Gasteiger partial charge in [-0.05, 0) is 52.1 Å². The first-order valence-corrected chi connectivity index (χ1v) is 11.7. The number of anilines is 1. The summed E-state index contributed by atoms with van der Waals surface area (Å²) in [6, 6.07) is -0.358. The maximum absolute atomic E-state index is 14.7. The number of carbonyl (C=O) groups is 1. The molecule has 2 aliphatic rings. The van der Waals surface area contributed by atoms with Gasteiger partial charge < -0.3 is 24.6 Å². The number of nitrogens with zero attached hydrogens (tertiary/aromatic N) is 5. The molecule has 0 spiro atoms. The van der Waals surface area contributed by atoms with Crippen LogP contribution in [0.2, 0.25) is 10.4 Å². The van der Waals surface area contributed by atoms with Crippen LogP contribution in [-0.2, 0) is 9.47 Å². The molecule has 2 radical (unpaired) electrons. The van der Waals surface area contributed by atoms with Crippen LogP contribution in [0.4, 0.5) is 15.0 Å². The Morgan fingerprint density at radius 2 is 2.03 bits per heavy atom. The number of hydrogen-bond acceptors (Lipinski definition) is 9. The zero-order chi connectivity index (χ0) is 25.9. The molecule has 10 nitrogen and oxygen atoms in total. The van der Waals surface area contributed by atoms with E-state index in [-0.39, 0.29) is 33.9 Å². The molecule has 1 amide bonds. The number of halogens is 3.